The average molecular weight is 243 g/mol. The van der Waals surface area contributed by atoms with Gasteiger partial charge in [-0.05, 0) is 6.26 Å². The summed E-state index contributed by atoms with van der Waals surface area (Å²) in [6.45, 7) is 1.30. The first-order valence-electron chi connectivity index (χ1n) is 4.67. The molecule has 0 N–H and O–H groups in total. The van der Waals surface area contributed by atoms with Crippen molar-refractivity contribution in [1.82, 2.24) is 4.90 Å². The number of nitrogens with zero attached hydrogens (tertiary/aromatic N) is 3. The number of thioether (sulfide) groups is 1. The average Bonchev–Trinajstić information content (AvgIpc) is 2.35. The highest BCUT2D eigenvalue weighted by Crippen LogP contribution is 2.14. The van der Waals surface area contributed by atoms with Gasteiger partial charge in [-0.1, -0.05) is 11.8 Å². The molecule has 1 unspecified atom stereocenters. The van der Waals surface area contributed by atoms with Crippen molar-refractivity contribution in [2.24, 2.45) is 4.99 Å². The number of nitriles is 1. The molecule has 0 spiro atoms. The summed E-state index contributed by atoms with van der Waals surface area (Å²) in [7, 11) is 1.33. The lowest BCUT2D eigenvalue weighted by molar-refractivity contribution is -0.150. The van der Waals surface area contributed by atoms with Crippen molar-refractivity contribution < 1.29 is 14.3 Å². The van der Waals surface area contributed by atoms with Gasteiger partial charge in [-0.15, -0.1) is 4.99 Å². The van der Waals surface area contributed by atoms with Gasteiger partial charge in [0.2, 0.25) is 6.19 Å². The van der Waals surface area contributed by atoms with E-state index in [2.05, 4.69) is 9.73 Å². The van der Waals surface area contributed by atoms with Crippen molar-refractivity contribution in [1.29, 1.82) is 5.26 Å². The van der Waals surface area contributed by atoms with Gasteiger partial charge in [0.1, 0.15) is 0 Å². The highest BCUT2D eigenvalue weighted by molar-refractivity contribution is 8.13. The van der Waals surface area contributed by atoms with Crippen LogP contribution in [-0.2, 0) is 14.3 Å². The van der Waals surface area contributed by atoms with Gasteiger partial charge in [0, 0.05) is 6.54 Å². The molecule has 16 heavy (non-hydrogen) atoms. The standard InChI is InChI=1S/C9H13N3O3S/c1-14-8(13)7-5-15-4-3-12(7)9(16-2)11-6-10/h7H,3-5H2,1-2H3. The molecule has 0 saturated carbocycles. The second-order valence-corrected chi connectivity index (χ2v) is 3.78. The maximum Gasteiger partial charge on any atom is 0.330 e. The molecule has 0 amide bonds. The Hall–Kier alpha value is -1.26. The quantitative estimate of drug-likeness (QED) is 0.280. The molecule has 0 aliphatic carbocycles. The topological polar surface area (TPSA) is 74.9 Å². The Labute approximate surface area is 98.2 Å². The monoisotopic (exact) mass is 243 g/mol. The first kappa shape index (κ1) is 12.8. The fourth-order valence-electron chi connectivity index (χ4n) is 1.43. The fraction of sp³-hybridized carbons (Fsp3) is 0.667. The Morgan fingerprint density at radius 1 is 1.75 bits per heavy atom. The molecule has 1 fully saturated rings. The van der Waals surface area contributed by atoms with Crippen LogP contribution in [-0.4, -0.2) is 55.2 Å². The molecule has 0 radical (unpaired) electrons. The number of carbonyl (C=O) groups excluding carboxylic acids is 1. The first-order valence-corrected chi connectivity index (χ1v) is 5.90. The minimum absolute atomic E-state index is 0.262. The van der Waals surface area contributed by atoms with Crippen LogP contribution in [0.2, 0.25) is 0 Å². The molecule has 1 heterocycles. The van der Waals surface area contributed by atoms with Crippen molar-refractivity contribution >= 4 is 22.9 Å². The van der Waals surface area contributed by atoms with Crippen LogP contribution in [0.1, 0.15) is 0 Å². The van der Waals surface area contributed by atoms with Crippen LogP contribution in [0, 0.1) is 11.5 Å². The van der Waals surface area contributed by atoms with E-state index >= 15 is 0 Å². The van der Waals surface area contributed by atoms with Crippen molar-refractivity contribution in [3.63, 3.8) is 0 Å². The summed E-state index contributed by atoms with van der Waals surface area (Å²) < 4.78 is 9.90. The van der Waals surface area contributed by atoms with Gasteiger partial charge in [0.15, 0.2) is 11.2 Å². The molecular weight excluding hydrogens is 230 g/mol. The van der Waals surface area contributed by atoms with E-state index in [-0.39, 0.29) is 12.6 Å². The summed E-state index contributed by atoms with van der Waals surface area (Å²) in [6.07, 6.45) is 3.53. The van der Waals surface area contributed by atoms with E-state index < -0.39 is 6.04 Å². The SMILES string of the molecule is COC(=O)C1COCCN1C(=NC#N)SC. The second-order valence-electron chi connectivity index (χ2n) is 3.01. The van der Waals surface area contributed by atoms with Gasteiger partial charge in [-0.25, -0.2) is 4.79 Å². The fourth-order valence-corrected chi connectivity index (χ4v) is 2.02. The third-order valence-corrected chi connectivity index (χ3v) is 2.87. The molecule has 88 valence electrons. The number of carbonyl (C=O) groups is 1. The predicted octanol–water partition coefficient (Wildman–Crippen LogP) is 0.0603. The predicted molar refractivity (Wildman–Crippen MR) is 59.9 cm³/mol. The van der Waals surface area contributed by atoms with Crippen LogP contribution in [0.25, 0.3) is 0 Å². The normalized spacial score (nSPS) is 21.4. The number of amidine groups is 1. The Balaban J connectivity index is 2.85. The van der Waals surface area contributed by atoms with Crippen LogP contribution in [0.5, 0.6) is 0 Å². The zero-order chi connectivity index (χ0) is 12.0. The largest absolute Gasteiger partial charge is 0.467 e. The van der Waals surface area contributed by atoms with E-state index in [1.807, 2.05) is 0 Å². The maximum absolute atomic E-state index is 11.5. The lowest BCUT2D eigenvalue weighted by atomic mass is 10.2. The number of morpholine rings is 1. The molecular formula is C9H13N3O3S. The minimum atomic E-state index is -0.515. The molecule has 6 nitrogen and oxygen atoms in total. The van der Waals surface area contributed by atoms with Gasteiger partial charge in [0.25, 0.3) is 0 Å². The van der Waals surface area contributed by atoms with E-state index in [9.17, 15) is 4.79 Å². The number of methoxy groups -OCH3 is 1. The zero-order valence-corrected chi connectivity index (χ0v) is 9.99. The van der Waals surface area contributed by atoms with Gasteiger partial charge in [-0.3, -0.25) is 0 Å². The molecule has 1 saturated heterocycles. The number of hydrogen-bond donors (Lipinski definition) is 0. The van der Waals surface area contributed by atoms with E-state index in [1.54, 1.807) is 17.3 Å². The number of esters is 1. The van der Waals surface area contributed by atoms with Crippen molar-refractivity contribution in [3.8, 4) is 6.19 Å². The van der Waals surface area contributed by atoms with Crippen LogP contribution in [0.4, 0.5) is 0 Å². The maximum atomic E-state index is 11.5. The third kappa shape index (κ3) is 2.87. The summed E-state index contributed by atoms with van der Waals surface area (Å²) >= 11 is 1.32. The van der Waals surface area contributed by atoms with Gasteiger partial charge in [0.05, 0.1) is 20.3 Å². The molecule has 0 bridgehead atoms. The summed E-state index contributed by atoms with van der Waals surface area (Å²) in [5.74, 6) is -0.376. The Morgan fingerprint density at radius 2 is 2.50 bits per heavy atom. The highest BCUT2D eigenvalue weighted by Gasteiger charge is 2.32. The van der Waals surface area contributed by atoms with E-state index in [0.717, 1.165) is 0 Å². The summed E-state index contributed by atoms with van der Waals surface area (Å²) in [4.78, 5) is 16.9. The zero-order valence-electron chi connectivity index (χ0n) is 9.17. The van der Waals surface area contributed by atoms with Crippen molar-refractivity contribution in [2.45, 2.75) is 6.04 Å². The van der Waals surface area contributed by atoms with Crippen LogP contribution in [0.15, 0.2) is 4.99 Å². The Bertz CT molecular complexity index is 326. The summed E-state index contributed by atoms with van der Waals surface area (Å²) in [5.41, 5.74) is 0. The third-order valence-electron chi connectivity index (χ3n) is 2.18. The highest BCUT2D eigenvalue weighted by atomic mass is 32.2. The number of aliphatic imine (C=N–C) groups is 1. The smallest absolute Gasteiger partial charge is 0.330 e. The lowest BCUT2D eigenvalue weighted by Crippen LogP contribution is -2.52. The van der Waals surface area contributed by atoms with Gasteiger partial charge >= 0.3 is 5.97 Å². The summed E-state index contributed by atoms with van der Waals surface area (Å²) in [6, 6.07) is -0.515. The molecule has 1 atom stereocenters. The summed E-state index contributed by atoms with van der Waals surface area (Å²) in [5, 5.41) is 9.07. The Kier molecular flexibility index (Phi) is 5.08. The molecule has 7 heteroatoms. The van der Waals surface area contributed by atoms with Gasteiger partial charge < -0.3 is 14.4 Å². The van der Waals surface area contributed by atoms with Crippen molar-refractivity contribution in [2.75, 3.05) is 33.1 Å². The Morgan fingerprint density at radius 3 is 3.06 bits per heavy atom. The van der Waals surface area contributed by atoms with E-state index in [4.69, 9.17) is 10.00 Å². The lowest BCUT2D eigenvalue weighted by Gasteiger charge is -2.34. The second kappa shape index (κ2) is 6.35. The first-order chi connectivity index (χ1) is 7.74. The number of ether oxygens (including phenoxy) is 2. The molecule has 0 aromatic carbocycles. The number of rotatable bonds is 1. The molecule has 0 aromatic rings. The van der Waals surface area contributed by atoms with Crippen LogP contribution >= 0.6 is 11.8 Å². The van der Waals surface area contributed by atoms with Crippen LogP contribution < -0.4 is 0 Å². The minimum Gasteiger partial charge on any atom is -0.467 e. The van der Waals surface area contributed by atoms with E-state index in [0.29, 0.717) is 18.3 Å². The van der Waals surface area contributed by atoms with Crippen LogP contribution in [0.3, 0.4) is 0 Å². The van der Waals surface area contributed by atoms with E-state index in [1.165, 1.54) is 18.9 Å². The van der Waals surface area contributed by atoms with Gasteiger partial charge in [-0.2, -0.15) is 5.26 Å². The molecule has 1 aliphatic heterocycles. The van der Waals surface area contributed by atoms with Crippen molar-refractivity contribution in [3.05, 3.63) is 0 Å². The number of hydrogen-bond acceptors (Lipinski definition) is 6. The molecule has 1 aliphatic rings. The molecule has 0 aromatic heterocycles. The molecule has 1 rings (SSSR count).